The zero-order chi connectivity index (χ0) is 18.1. The molecule has 1 saturated carbocycles. The van der Waals surface area contributed by atoms with E-state index in [1.807, 2.05) is 29.4 Å². The van der Waals surface area contributed by atoms with Crippen LogP contribution in [0.1, 0.15) is 36.2 Å². The highest BCUT2D eigenvalue weighted by Gasteiger charge is 2.25. The third-order valence-electron chi connectivity index (χ3n) is 4.61. The van der Waals surface area contributed by atoms with Crippen LogP contribution in [0.25, 0.3) is 4.96 Å². The van der Waals surface area contributed by atoms with Gasteiger partial charge >= 0.3 is 0 Å². The Balaban J connectivity index is 1.38. The van der Waals surface area contributed by atoms with Crippen LogP contribution in [-0.4, -0.2) is 36.1 Å². The standard InChI is InChI=1S/C17H19N5O2S2/c1-21-7-6-18-16(21)26-12-4-2-11(3-5-12)19-15(24)13-10-14(23)20-17-22(13)8-9-25-17/h6-12H,2-5H2,1H3,(H,19,24). The number of fused-ring (bicyclic) bond motifs is 1. The van der Waals surface area contributed by atoms with Crippen molar-refractivity contribution in [3.8, 4) is 0 Å². The summed E-state index contributed by atoms with van der Waals surface area (Å²) in [5.41, 5.74) is -0.0291. The van der Waals surface area contributed by atoms with Crippen LogP contribution in [0.4, 0.5) is 0 Å². The van der Waals surface area contributed by atoms with Crippen molar-refractivity contribution in [3.63, 3.8) is 0 Å². The molecule has 9 heteroatoms. The molecule has 3 aromatic heterocycles. The molecule has 1 aliphatic rings. The van der Waals surface area contributed by atoms with Crippen LogP contribution >= 0.6 is 23.1 Å². The molecule has 136 valence electrons. The van der Waals surface area contributed by atoms with Crippen LogP contribution in [-0.2, 0) is 7.05 Å². The predicted molar refractivity (Wildman–Crippen MR) is 102 cm³/mol. The van der Waals surface area contributed by atoms with Crippen molar-refractivity contribution in [2.75, 3.05) is 0 Å². The molecule has 0 radical (unpaired) electrons. The summed E-state index contributed by atoms with van der Waals surface area (Å²) in [4.78, 5) is 33.2. The van der Waals surface area contributed by atoms with Gasteiger partial charge in [-0.2, -0.15) is 4.98 Å². The smallest absolute Gasteiger partial charge is 0.274 e. The number of thiazole rings is 1. The van der Waals surface area contributed by atoms with Crippen LogP contribution in [0.15, 0.2) is 40.0 Å². The lowest BCUT2D eigenvalue weighted by molar-refractivity contribution is 0.0921. The van der Waals surface area contributed by atoms with E-state index in [9.17, 15) is 9.59 Å². The number of carbonyl (C=O) groups is 1. The van der Waals surface area contributed by atoms with Gasteiger partial charge in [0.25, 0.3) is 11.5 Å². The van der Waals surface area contributed by atoms with E-state index in [4.69, 9.17) is 0 Å². The number of nitrogens with one attached hydrogen (secondary N) is 1. The molecule has 0 aliphatic heterocycles. The molecule has 7 nitrogen and oxygen atoms in total. The minimum Gasteiger partial charge on any atom is -0.348 e. The van der Waals surface area contributed by atoms with Crippen LogP contribution in [0.2, 0.25) is 0 Å². The second kappa shape index (κ2) is 7.24. The molecule has 0 bridgehead atoms. The number of amides is 1. The van der Waals surface area contributed by atoms with Crippen molar-refractivity contribution in [3.05, 3.63) is 46.1 Å². The van der Waals surface area contributed by atoms with Crippen molar-refractivity contribution in [1.82, 2.24) is 24.3 Å². The van der Waals surface area contributed by atoms with Gasteiger partial charge in [0.15, 0.2) is 10.1 Å². The molecule has 3 heterocycles. The third-order valence-corrected chi connectivity index (χ3v) is 6.77. The zero-order valence-corrected chi connectivity index (χ0v) is 15.9. The van der Waals surface area contributed by atoms with E-state index in [2.05, 4.69) is 15.3 Å². The second-order valence-corrected chi connectivity index (χ2v) is 8.56. The van der Waals surface area contributed by atoms with Gasteiger partial charge in [0.2, 0.25) is 0 Å². The molecule has 1 fully saturated rings. The van der Waals surface area contributed by atoms with E-state index < -0.39 is 0 Å². The molecular weight excluding hydrogens is 370 g/mol. The second-order valence-electron chi connectivity index (χ2n) is 6.42. The van der Waals surface area contributed by atoms with Crippen molar-refractivity contribution in [2.24, 2.45) is 7.05 Å². The van der Waals surface area contributed by atoms with Gasteiger partial charge in [0.1, 0.15) is 5.69 Å². The average molecular weight is 390 g/mol. The van der Waals surface area contributed by atoms with E-state index in [0.29, 0.717) is 15.9 Å². The fourth-order valence-electron chi connectivity index (χ4n) is 3.22. The maximum Gasteiger partial charge on any atom is 0.274 e. The molecule has 1 aliphatic carbocycles. The Morgan fingerprint density at radius 1 is 1.31 bits per heavy atom. The Morgan fingerprint density at radius 3 is 2.85 bits per heavy atom. The Labute approximate surface area is 158 Å². The first-order valence-corrected chi connectivity index (χ1v) is 10.3. The molecule has 4 rings (SSSR count). The average Bonchev–Trinajstić information content (AvgIpc) is 3.25. The Morgan fingerprint density at radius 2 is 2.12 bits per heavy atom. The molecule has 1 N–H and O–H groups in total. The number of aromatic nitrogens is 4. The van der Waals surface area contributed by atoms with Gasteiger partial charge in [0, 0.05) is 48.4 Å². The first kappa shape index (κ1) is 17.3. The van der Waals surface area contributed by atoms with E-state index >= 15 is 0 Å². The molecule has 0 aromatic carbocycles. The lowest BCUT2D eigenvalue weighted by atomic mass is 9.95. The number of nitrogens with zero attached hydrogens (tertiary/aromatic N) is 4. The summed E-state index contributed by atoms with van der Waals surface area (Å²) < 4.78 is 3.70. The van der Waals surface area contributed by atoms with Crippen molar-refractivity contribution in [1.29, 1.82) is 0 Å². The summed E-state index contributed by atoms with van der Waals surface area (Å²) in [6.07, 6.45) is 9.47. The molecule has 1 amide bonds. The van der Waals surface area contributed by atoms with Gasteiger partial charge in [-0.1, -0.05) is 11.8 Å². The SMILES string of the molecule is Cn1ccnc1SC1CCC(NC(=O)c2cc(=O)nc3sccn23)CC1. The normalized spacial score (nSPS) is 20.3. The quantitative estimate of drug-likeness (QED) is 0.741. The molecule has 0 unspecified atom stereocenters. The fraction of sp³-hybridized carbons (Fsp3) is 0.412. The summed E-state index contributed by atoms with van der Waals surface area (Å²) in [6, 6.07) is 1.44. The summed E-state index contributed by atoms with van der Waals surface area (Å²) in [5.74, 6) is -0.210. The minimum atomic E-state index is -0.382. The maximum atomic E-state index is 12.6. The van der Waals surface area contributed by atoms with Gasteiger partial charge in [-0.25, -0.2) is 4.98 Å². The zero-order valence-electron chi connectivity index (χ0n) is 14.3. The summed E-state index contributed by atoms with van der Waals surface area (Å²) in [6.45, 7) is 0. The Hall–Kier alpha value is -2.13. The van der Waals surface area contributed by atoms with Crippen LogP contribution < -0.4 is 10.9 Å². The molecule has 0 atom stereocenters. The minimum absolute atomic E-state index is 0.137. The van der Waals surface area contributed by atoms with Crippen molar-refractivity contribution < 1.29 is 4.79 Å². The van der Waals surface area contributed by atoms with Gasteiger partial charge < -0.3 is 9.88 Å². The first-order chi connectivity index (χ1) is 12.6. The molecule has 0 spiro atoms. The highest BCUT2D eigenvalue weighted by molar-refractivity contribution is 7.99. The Bertz CT molecular complexity index is 984. The largest absolute Gasteiger partial charge is 0.348 e. The lowest BCUT2D eigenvalue weighted by Crippen LogP contribution is -2.39. The topological polar surface area (TPSA) is 81.3 Å². The third kappa shape index (κ3) is 3.54. The number of thioether (sulfide) groups is 1. The lowest BCUT2D eigenvalue weighted by Gasteiger charge is -2.28. The van der Waals surface area contributed by atoms with Crippen molar-refractivity contribution in [2.45, 2.75) is 42.1 Å². The summed E-state index contributed by atoms with van der Waals surface area (Å²) in [5, 5.41) is 6.46. The van der Waals surface area contributed by atoms with E-state index in [1.54, 1.807) is 22.4 Å². The van der Waals surface area contributed by atoms with Crippen LogP contribution in [0.3, 0.4) is 0 Å². The number of carbonyl (C=O) groups excluding carboxylic acids is 1. The molecular formula is C17H19N5O2S2. The number of imidazole rings is 1. The monoisotopic (exact) mass is 389 g/mol. The van der Waals surface area contributed by atoms with Gasteiger partial charge in [-0.3, -0.25) is 14.0 Å². The predicted octanol–water partition coefficient (Wildman–Crippen LogP) is 2.32. The number of hydrogen-bond donors (Lipinski definition) is 1. The molecule has 26 heavy (non-hydrogen) atoms. The Kier molecular flexibility index (Phi) is 4.82. The summed E-state index contributed by atoms with van der Waals surface area (Å²) in [7, 11) is 2.00. The summed E-state index contributed by atoms with van der Waals surface area (Å²) >= 11 is 3.15. The van der Waals surface area contributed by atoms with Crippen LogP contribution in [0.5, 0.6) is 0 Å². The highest BCUT2D eigenvalue weighted by atomic mass is 32.2. The maximum absolute atomic E-state index is 12.6. The van der Waals surface area contributed by atoms with Crippen molar-refractivity contribution >= 4 is 34.0 Å². The van der Waals surface area contributed by atoms with Gasteiger partial charge in [-0.05, 0) is 25.7 Å². The number of hydrogen-bond acceptors (Lipinski definition) is 6. The van der Waals surface area contributed by atoms with E-state index in [1.165, 1.54) is 17.4 Å². The molecule has 3 aromatic rings. The van der Waals surface area contributed by atoms with E-state index in [0.717, 1.165) is 30.8 Å². The molecule has 0 saturated heterocycles. The van der Waals surface area contributed by atoms with Crippen LogP contribution in [0, 0.1) is 0 Å². The van der Waals surface area contributed by atoms with E-state index in [-0.39, 0.29) is 17.5 Å². The first-order valence-electron chi connectivity index (χ1n) is 8.52. The number of rotatable bonds is 4. The van der Waals surface area contributed by atoms with Gasteiger partial charge in [-0.15, -0.1) is 11.3 Å². The number of aryl methyl sites for hydroxylation is 1. The van der Waals surface area contributed by atoms with Gasteiger partial charge in [0.05, 0.1) is 0 Å². The fourth-order valence-corrected chi connectivity index (χ4v) is 5.10. The highest BCUT2D eigenvalue weighted by Crippen LogP contribution is 2.32.